The molecule has 8 nitrogen and oxygen atoms in total. The average molecular weight is 723 g/mol. The third-order valence-corrected chi connectivity index (χ3v) is 9.22. The lowest BCUT2D eigenvalue weighted by Gasteiger charge is -2.23. The maximum absolute atomic E-state index is 12.4. The Balaban J connectivity index is 1.82. The van der Waals surface area contributed by atoms with E-state index in [1.165, 1.54) is 51.4 Å². The second kappa shape index (κ2) is 24.8. The van der Waals surface area contributed by atoms with Crippen molar-refractivity contribution < 1.29 is 38.0 Å². The number of hydrogen-bond donors (Lipinski definition) is 0. The van der Waals surface area contributed by atoms with Crippen molar-refractivity contribution >= 4 is 33.5 Å². The molecule has 8 heteroatoms. The number of ether oxygens (including phenoxy) is 6. The predicted molar refractivity (Wildman–Crippen MR) is 211 cm³/mol. The van der Waals surface area contributed by atoms with Gasteiger partial charge in [0.25, 0.3) is 0 Å². The lowest BCUT2D eigenvalue weighted by molar-refractivity contribution is -0.154. The number of unbranched alkanes of at least 4 members (excludes halogenated alkanes) is 10. The molecule has 0 saturated carbocycles. The molecule has 3 aromatic rings. The summed E-state index contributed by atoms with van der Waals surface area (Å²) in [4.78, 5) is 24.8. The zero-order valence-corrected chi connectivity index (χ0v) is 33.0. The highest BCUT2D eigenvalue weighted by Crippen LogP contribution is 2.43. The van der Waals surface area contributed by atoms with E-state index < -0.39 is 12.2 Å². The highest BCUT2D eigenvalue weighted by Gasteiger charge is 2.22. The van der Waals surface area contributed by atoms with E-state index in [2.05, 4.69) is 50.2 Å². The quantitative estimate of drug-likeness (QED) is 0.0416. The van der Waals surface area contributed by atoms with Crippen molar-refractivity contribution in [1.82, 2.24) is 0 Å². The van der Waals surface area contributed by atoms with Gasteiger partial charge in [-0.05, 0) is 38.8 Å². The Kier molecular flexibility index (Phi) is 20.5. The molecule has 3 aromatic carbocycles. The van der Waals surface area contributed by atoms with Gasteiger partial charge in [0.05, 0.1) is 13.2 Å². The van der Waals surface area contributed by atoms with Crippen LogP contribution in [0, 0.1) is 13.8 Å². The number of carbonyl (C=O) groups excluding carboxylic acids is 2. The topological polar surface area (TPSA) is 89.5 Å². The van der Waals surface area contributed by atoms with Crippen LogP contribution in [0.1, 0.15) is 129 Å². The van der Waals surface area contributed by atoms with Crippen LogP contribution in [0.25, 0.3) is 21.5 Å². The second-order valence-electron chi connectivity index (χ2n) is 14.0. The summed E-state index contributed by atoms with van der Waals surface area (Å²) < 4.78 is 36.8. The molecule has 0 bridgehead atoms. The molecule has 0 radical (unpaired) electrons. The Labute approximate surface area is 313 Å². The molecule has 2 atom stereocenters. The van der Waals surface area contributed by atoms with Crippen LogP contribution in [0.2, 0.25) is 0 Å². The van der Waals surface area contributed by atoms with Gasteiger partial charge in [0.15, 0.2) is 12.2 Å². The molecule has 0 heterocycles. The monoisotopic (exact) mass is 722 g/mol. The van der Waals surface area contributed by atoms with Gasteiger partial charge in [0.1, 0.15) is 24.7 Å². The van der Waals surface area contributed by atoms with Gasteiger partial charge in [-0.25, -0.2) is 0 Å². The van der Waals surface area contributed by atoms with Crippen LogP contribution < -0.4 is 9.47 Å². The fourth-order valence-electron chi connectivity index (χ4n) is 6.21. The SMILES string of the molecule is CCCCCCCCOCC(COc1c2ccc(C)cc2c(OCC(COCCCCCCCC)OC(=O)CC)c2ccc(C)cc12)OC(=O)CC. The Morgan fingerprint density at radius 1 is 0.500 bits per heavy atom. The van der Waals surface area contributed by atoms with Crippen LogP contribution in [0.4, 0.5) is 0 Å². The first kappa shape index (κ1) is 43.0. The molecular formula is C44H66O8. The van der Waals surface area contributed by atoms with Crippen molar-refractivity contribution in [2.24, 2.45) is 0 Å². The number of rotatable bonds is 28. The highest BCUT2D eigenvalue weighted by molar-refractivity contribution is 6.11. The molecule has 0 aliphatic carbocycles. The third-order valence-electron chi connectivity index (χ3n) is 9.22. The molecule has 0 saturated heterocycles. The fraction of sp³-hybridized carbons (Fsp3) is 0.636. The number of fused-ring (bicyclic) bond motifs is 2. The molecule has 0 amide bonds. The molecular weight excluding hydrogens is 656 g/mol. The molecule has 0 spiro atoms. The fourth-order valence-corrected chi connectivity index (χ4v) is 6.21. The number of esters is 2. The van der Waals surface area contributed by atoms with Crippen molar-refractivity contribution in [1.29, 1.82) is 0 Å². The Morgan fingerprint density at radius 3 is 1.27 bits per heavy atom. The predicted octanol–water partition coefficient (Wildman–Crippen LogP) is 10.8. The van der Waals surface area contributed by atoms with Crippen LogP contribution >= 0.6 is 0 Å². The van der Waals surface area contributed by atoms with Gasteiger partial charge in [0.2, 0.25) is 0 Å². The zero-order chi connectivity index (χ0) is 37.6. The molecule has 0 N–H and O–H groups in total. The summed E-state index contributed by atoms with van der Waals surface area (Å²) in [6, 6.07) is 12.4. The van der Waals surface area contributed by atoms with E-state index >= 15 is 0 Å². The standard InChI is InChI=1S/C44H66O8/c1-7-11-13-15-17-19-25-47-29-35(51-41(45)9-3)31-49-43-37-23-21-34(6)28-40(37)44(38-24-22-33(5)27-39(38)43)50-32-36(52-42(46)10-4)30-48-26-20-18-16-14-12-8-2/h21-24,27-28,35-36H,7-20,25-26,29-32H2,1-6H3. The lowest BCUT2D eigenvalue weighted by Crippen LogP contribution is -2.30. The third kappa shape index (κ3) is 14.9. The average Bonchev–Trinajstić information content (AvgIpc) is 3.14. The minimum Gasteiger partial charge on any atom is -0.488 e. The van der Waals surface area contributed by atoms with Crippen molar-refractivity contribution in [3.8, 4) is 11.5 Å². The Morgan fingerprint density at radius 2 is 0.885 bits per heavy atom. The first-order valence-corrected chi connectivity index (χ1v) is 20.1. The minimum absolute atomic E-state index is 0.152. The van der Waals surface area contributed by atoms with E-state index in [-0.39, 0.29) is 51.2 Å². The minimum atomic E-state index is -0.547. The van der Waals surface area contributed by atoms with E-state index in [1.807, 2.05) is 13.8 Å². The van der Waals surface area contributed by atoms with E-state index in [4.69, 9.17) is 28.4 Å². The normalized spacial score (nSPS) is 12.6. The Bertz CT molecular complexity index is 1370. The molecule has 0 aromatic heterocycles. The molecule has 0 aliphatic rings. The maximum atomic E-state index is 12.4. The molecule has 3 rings (SSSR count). The molecule has 52 heavy (non-hydrogen) atoms. The van der Waals surface area contributed by atoms with Gasteiger partial charge in [0, 0.05) is 47.6 Å². The largest absolute Gasteiger partial charge is 0.488 e. The van der Waals surface area contributed by atoms with Crippen LogP contribution in [0.15, 0.2) is 36.4 Å². The lowest BCUT2D eigenvalue weighted by atomic mass is 9.97. The molecule has 0 fully saturated rings. The highest BCUT2D eigenvalue weighted by atomic mass is 16.6. The van der Waals surface area contributed by atoms with Gasteiger partial charge in [-0.2, -0.15) is 0 Å². The summed E-state index contributed by atoms with van der Waals surface area (Å²) in [6.45, 7) is 14.2. The molecule has 0 aliphatic heterocycles. The maximum Gasteiger partial charge on any atom is 0.305 e. The number of aryl methyl sites for hydroxylation is 2. The second-order valence-corrected chi connectivity index (χ2v) is 14.0. The smallest absolute Gasteiger partial charge is 0.305 e. The van der Waals surface area contributed by atoms with Gasteiger partial charge in [-0.15, -0.1) is 0 Å². The Hall–Kier alpha value is -3.36. The summed E-state index contributed by atoms with van der Waals surface area (Å²) in [5, 5.41) is 3.55. The molecule has 2 unspecified atom stereocenters. The van der Waals surface area contributed by atoms with Crippen LogP contribution in [-0.2, 0) is 28.5 Å². The van der Waals surface area contributed by atoms with Crippen LogP contribution in [0.5, 0.6) is 11.5 Å². The van der Waals surface area contributed by atoms with Gasteiger partial charge < -0.3 is 28.4 Å². The summed E-state index contributed by atoms with van der Waals surface area (Å²) in [6.07, 6.45) is 13.6. The summed E-state index contributed by atoms with van der Waals surface area (Å²) in [7, 11) is 0. The van der Waals surface area contributed by atoms with E-state index in [0.717, 1.165) is 58.4 Å². The van der Waals surface area contributed by atoms with Gasteiger partial charge >= 0.3 is 11.9 Å². The van der Waals surface area contributed by atoms with Gasteiger partial charge in [-0.1, -0.05) is 127 Å². The van der Waals surface area contributed by atoms with Gasteiger partial charge in [-0.3, -0.25) is 9.59 Å². The first-order chi connectivity index (χ1) is 25.3. The summed E-state index contributed by atoms with van der Waals surface area (Å²) in [5.41, 5.74) is 2.15. The molecule has 290 valence electrons. The van der Waals surface area contributed by atoms with Crippen molar-refractivity contribution in [2.75, 3.05) is 39.6 Å². The van der Waals surface area contributed by atoms with Crippen molar-refractivity contribution in [3.63, 3.8) is 0 Å². The van der Waals surface area contributed by atoms with Crippen molar-refractivity contribution in [3.05, 3.63) is 47.5 Å². The number of hydrogen-bond acceptors (Lipinski definition) is 8. The van der Waals surface area contributed by atoms with Crippen LogP contribution in [0.3, 0.4) is 0 Å². The first-order valence-electron chi connectivity index (χ1n) is 20.1. The zero-order valence-electron chi connectivity index (χ0n) is 33.0. The van der Waals surface area contributed by atoms with Crippen molar-refractivity contribution in [2.45, 2.75) is 144 Å². The van der Waals surface area contributed by atoms with Crippen LogP contribution in [-0.4, -0.2) is 63.8 Å². The number of carbonyl (C=O) groups is 2. The number of benzene rings is 3. The summed E-state index contributed by atoms with van der Waals surface area (Å²) >= 11 is 0. The summed E-state index contributed by atoms with van der Waals surface area (Å²) in [5.74, 6) is 0.837. The van der Waals surface area contributed by atoms with E-state index in [0.29, 0.717) is 24.7 Å². The van der Waals surface area contributed by atoms with E-state index in [1.54, 1.807) is 13.8 Å². The van der Waals surface area contributed by atoms with E-state index in [9.17, 15) is 9.59 Å².